The highest BCUT2D eigenvalue weighted by molar-refractivity contribution is 5.96. The Morgan fingerprint density at radius 1 is 0.853 bits per heavy atom. The number of hydrogen-bond acceptors (Lipinski definition) is 2. The third-order valence-electron chi connectivity index (χ3n) is 7.81. The van der Waals surface area contributed by atoms with Crippen LogP contribution in [0.25, 0.3) is 22.0 Å². The lowest BCUT2D eigenvalue weighted by atomic mass is 9.71. The fourth-order valence-corrected chi connectivity index (χ4v) is 5.71. The lowest BCUT2D eigenvalue weighted by Gasteiger charge is -2.33. The Morgan fingerprint density at radius 2 is 1.53 bits per heavy atom. The van der Waals surface area contributed by atoms with Gasteiger partial charge < -0.3 is 0 Å². The molecule has 1 aromatic heterocycles. The van der Waals surface area contributed by atoms with Crippen LogP contribution in [-0.4, -0.2) is 10.8 Å². The van der Waals surface area contributed by atoms with E-state index >= 15 is 0 Å². The molecule has 0 N–H and O–H groups in total. The highest BCUT2D eigenvalue weighted by Gasteiger charge is 2.29. The molecule has 0 unspecified atom stereocenters. The van der Waals surface area contributed by atoms with E-state index in [0.29, 0.717) is 24.2 Å². The molecule has 1 aliphatic rings. The first-order chi connectivity index (χ1) is 16.7. The summed E-state index contributed by atoms with van der Waals surface area (Å²) in [6, 6.07) is 29.2. The minimum absolute atomic E-state index is 0.285. The minimum Gasteiger partial charge on any atom is -0.294 e. The Hall–Kier alpha value is -3.26. The first kappa shape index (κ1) is 22.5. The van der Waals surface area contributed by atoms with Crippen molar-refractivity contribution in [2.45, 2.75) is 51.4 Å². The van der Waals surface area contributed by atoms with Crippen LogP contribution in [0.4, 0.5) is 0 Å². The number of fused-ring (bicyclic) bond motifs is 1. The Labute approximate surface area is 203 Å². The summed E-state index contributed by atoms with van der Waals surface area (Å²) in [6.07, 6.45) is 8.61. The van der Waals surface area contributed by atoms with Gasteiger partial charge in [-0.15, -0.1) is 0 Å². The molecule has 1 aliphatic carbocycles. The van der Waals surface area contributed by atoms with Crippen molar-refractivity contribution in [3.63, 3.8) is 0 Å². The van der Waals surface area contributed by atoms with Gasteiger partial charge in [0.1, 0.15) is 0 Å². The van der Waals surface area contributed by atoms with Crippen molar-refractivity contribution in [2.24, 2.45) is 11.8 Å². The van der Waals surface area contributed by atoms with Gasteiger partial charge in [0.2, 0.25) is 0 Å². The molecule has 2 heteroatoms. The Morgan fingerprint density at radius 3 is 2.26 bits per heavy atom. The van der Waals surface area contributed by atoms with Crippen molar-refractivity contribution in [1.82, 2.24) is 4.98 Å². The minimum atomic E-state index is 0.285. The van der Waals surface area contributed by atoms with Crippen molar-refractivity contribution < 1.29 is 4.79 Å². The molecule has 2 nitrogen and oxygen atoms in total. The van der Waals surface area contributed by atoms with Crippen molar-refractivity contribution in [3.8, 4) is 11.1 Å². The van der Waals surface area contributed by atoms with Crippen LogP contribution in [0.15, 0.2) is 91.1 Å². The van der Waals surface area contributed by atoms with E-state index in [1.807, 2.05) is 36.4 Å². The average molecular weight is 448 g/mol. The summed E-state index contributed by atoms with van der Waals surface area (Å²) in [7, 11) is 0. The standard InChI is InChI=1S/C32H33NO/c1-2-23(21-32(34)28-18-16-26(17-19-28)24-8-4-3-5-9-24)25-12-14-27(15-13-25)30-20-29-10-6-7-11-31(29)33-22-30/h3-11,16-20,22-23,25,27H,2,12-15,21H2,1H3/t23-,25?,27?/m1/s1. The number of pyridine rings is 1. The van der Waals surface area contributed by atoms with Crippen LogP contribution in [0.5, 0.6) is 0 Å². The van der Waals surface area contributed by atoms with E-state index in [9.17, 15) is 4.79 Å². The highest BCUT2D eigenvalue weighted by atomic mass is 16.1. The normalized spacial score (nSPS) is 19.1. The van der Waals surface area contributed by atoms with E-state index in [1.54, 1.807) is 0 Å². The predicted molar refractivity (Wildman–Crippen MR) is 141 cm³/mol. The van der Waals surface area contributed by atoms with Crippen LogP contribution < -0.4 is 0 Å². The van der Waals surface area contributed by atoms with E-state index in [-0.39, 0.29) is 5.78 Å². The van der Waals surface area contributed by atoms with Gasteiger partial charge in [0, 0.05) is 23.6 Å². The summed E-state index contributed by atoms with van der Waals surface area (Å²) >= 11 is 0. The number of Topliss-reactive ketones (excluding diaryl/α,β-unsaturated/α-hetero) is 1. The predicted octanol–water partition coefficient (Wildman–Crippen LogP) is 8.47. The Bertz CT molecular complexity index is 1240. The zero-order valence-corrected chi connectivity index (χ0v) is 20.0. The largest absolute Gasteiger partial charge is 0.294 e. The van der Waals surface area contributed by atoms with Crippen molar-refractivity contribution in [1.29, 1.82) is 0 Å². The maximum absolute atomic E-state index is 13.1. The maximum Gasteiger partial charge on any atom is 0.163 e. The number of rotatable bonds is 7. The molecule has 5 rings (SSSR count). The topological polar surface area (TPSA) is 30.0 Å². The molecule has 3 aromatic carbocycles. The second-order valence-electron chi connectivity index (χ2n) is 9.81. The molecule has 0 bridgehead atoms. The number of carbonyl (C=O) groups is 1. The van der Waals surface area contributed by atoms with Crippen LogP contribution in [-0.2, 0) is 0 Å². The van der Waals surface area contributed by atoms with Gasteiger partial charge in [0.05, 0.1) is 5.52 Å². The molecule has 34 heavy (non-hydrogen) atoms. The molecule has 4 aromatic rings. The molecule has 0 aliphatic heterocycles. The molecule has 0 spiro atoms. The summed E-state index contributed by atoms with van der Waals surface area (Å²) in [5.74, 6) is 1.98. The smallest absolute Gasteiger partial charge is 0.163 e. The summed E-state index contributed by atoms with van der Waals surface area (Å²) in [5, 5.41) is 1.23. The van der Waals surface area contributed by atoms with Crippen LogP contribution in [0.1, 0.15) is 67.3 Å². The molecule has 0 radical (unpaired) electrons. The number of carbonyl (C=O) groups excluding carboxylic acids is 1. The van der Waals surface area contributed by atoms with Crippen LogP contribution >= 0.6 is 0 Å². The lowest BCUT2D eigenvalue weighted by molar-refractivity contribution is 0.0926. The monoisotopic (exact) mass is 447 g/mol. The third kappa shape index (κ3) is 4.97. The number of ketones is 1. The highest BCUT2D eigenvalue weighted by Crippen LogP contribution is 2.41. The molecule has 172 valence electrons. The third-order valence-corrected chi connectivity index (χ3v) is 7.81. The molecule has 1 fully saturated rings. The van der Waals surface area contributed by atoms with Gasteiger partial charge in [-0.3, -0.25) is 9.78 Å². The summed E-state index contributed by atoms with van der Waals surface area (Å²) < 4.78 is 0. The summed E-state index contributed by atoms with van der Waals surface area (Å²) in [4.78, 5) is 17.8. The van der Waals surface area contributed by atoms with Gasteiger partial charge in [-0.2, -0.15) is 0 Å². The first-order valence-corrected chi connectivity index (χ1v) is 12.7. The number of benzene rings is 3. The van der Waals surface area contributed by atoms with E-state index in [2.05, 4.69) is 66.6 Å². The molecular weight excluding hydrogens is 414 g/mol. The van der Waals surface area contributed by atoms with E-state index < -0.39 is 0 Å². The quantitative estimate of drug-likeness (QED) is 0.266. The fourth-order valence-electron chi connectivity index (χ4n) is 5.71. The van der Waals surface area contributed by atoms with Crippen molar-refractivity contribution in [3.05, 3.63) is 102 Å². The summed E-state index contributed by atoms with van der Waals surface area (Å²) in [6.45, 7) is 2.25. The number of nitrogens with zero attached hydrogens (tertiary/aromatic N) is 1. The number of aromatic nitrogens is 1. The van der Waals surface area contributed by atoms with Gasteiger partial charge in [0.15, 0.2) is 5.78 Å². The van der Waals surface area contributed by atoms with Crippen molar-refractivity contribution >= 4 is 16.7 Å². The van der Waals surface area contributed by atoms with Gasteiger partial charge in [-0.05, 0) is 72.3 Å². The zero-order chi connectivity index (χ0) is 23.3. The van der Waals surface area contributed by atoms with Crippen LogP contribution in [0, 0.1) is 11.8 Å². The number of hydrogen-bond donors (Lipinski definition) is 0. The van der Waals surface area contributed by atoms with Gasteiger partial charge in [0.25, 0.3) is 0 Å². The first-order valence-electron chi connectivity index (χ1n) is 12.7. The average Bonchev–Trinajstić information content (AvgIpc) is 2.92. The van der Waals surface area contributed by atoms with Crippen molar-refractivity contribution in [2.75, 3.05) is 0 Å². The van der Waals surface area contributed by atoms with E-state index in [0.717, 1.165) is 23.1 Å². The number of para-hydroxylation sites is 1. The summed E-state index contributed by atoms with van der Waals surface area (Å²) in [5.41, 5.74) is 5.63. The molecule has 1 heterocycles. The van der Waals surface area contributed by atoms with Gasteiger partial charge in [-0.25, -0.2) is 0 Å². The molecule has 1 saturated carbocycles. The maximum atomic E-state index is 13.1. The second kappa shape index (κ2) is 10.3. The molecule has 0 saturated heterocycles. The second-order valence-corrected chi connectivity index (χ2v) is 9.81. The van der Waals surface area contributed by atoms with E-state index in [4.69, 9.17) is 0 Å². The SMILES string of the molecule is CC[C@H](CC(=O)c1ccc(-c2ccccc2)cc1)C1CCC(c2cnc3ccccc3c2)CC1. The molecular formula is C32H33NO. The van der Waals surface area contributed by atoms with Crippen LogP contribution in [0.2, 0.25) is 0 Å². The zero-order valence-electron chi connectivity index (χ0n) is 20.0. The van der Waals surface area contributed by atoms with E-state index in [1.165, 1.54) is 42.2 Å². The Balaban J connectivity index is 1.19. The van der Waals surface area contributed by atoms with Gasteiger partial charge in [-0.1, -0.05) is 86.1 Å². The fraction of sp³-hybridized carbons (Fsp3) is 0.312. The molecule has 1 atom stereocenters. The van der Waals surface area contributed by atoms with Gasteiger partial charge >= 0.3 is 0 Å². The lowest BCUT2D eigenvalue weighted by Crippen LogP contribution is -2.23. The molecule has 0 amide bonds. The van der Waals surface area contributed by atoms with Crippen LogP contribution in [0.3, 0.4) is 0 Å². The Kier molecular flexibility index (Phi) is 6.85.